The first-order chi connectivity index (χ1) is 8.20. The number of benzene rings is 1. The normalized spacial score (nSPS) is 17.0. The Bertz CT molecular complexity index is 377. The van der Waals surface area contributed by atoms with E-state index in [1.165, 1.54) is 12.8 Å². The third-order valence-electron chi connectivity index (χ3n) is 3.64. The van der Waals surface area contributed by atoms with Crippen LogP contribution < -0.4 is 5.73 Å². The maximum atomic E-state index is 12.2. The minimum Gasteiger partial charge on any atom is -0.341 e. The van der Waals surface area contributed by atoms with Gasteiger partial charge in [0.15, 0.2) is 0 Å². The van der Waals surface area contributed by atoms with E-state index in [0.717, 1.165) is 18.4 Å². The van der Waals surface area contributed by atoms with E-state index in [1.807, 2.05) is 42.3 Å². The molecule has 3 nitrogen and oxygen atoms in total. The van der Waals surface area contributed by atoms with Gasteiger partial charge in [-0.25, -0.2) is 0 Å². The van der Waals surface area contributed by atoms with E-state index in [9.17, 15) is 4.79 Å². The number of carbonyl (C=O) groups excluding carboxylic acids is 1. The second kappa shape index (κ2) is 6.76. The summed E-state index contributed by atoms with van der Waals surface area (Å²) in [5.41, 5.74) is 6.91. The maximum absolute atomic E-state index is 12.2. The van der Waals surface area contributed by atoms with E-state index >= 15 is 0 Å². The number of hydrogen-bond acceptors (Lipinski definition) is 2. The first kappa shape index (κ1) is 15.0. The van der Waals surface area contributed by atoms with Crippen molar-refractivity contribution >= 4 is 18.3 Å². The Balaban J connectivity index is 0.00000162. The molecular formula is C14H21ClN2O. The largest absolute Gasteiger partial charge is 0.341 e. The number of rotatable bonds is 3. The molecule has 0 saturated heterocycles. The van der Waals surface area contributed by atoms with Crippen molar-refractivity contribution in [2.24, 2.45) is 5.73 Å². The highest BCUT2D eigenvalue weighted by atomic mass is 35.5. The van der Waals surface area contributed by atoms with Crippen LogP contribution in [0.5, 0.6) is 0 Å². The Morgan fingerprint density at radius 1 is 1.28 bits per heavy atom. The summed E-state index contributed by atoms with van der Waals surface area (Å²) in [5, 5.41) is 0. The lowest BCUT2D eigenvalue weighted by Crippen LogP contribution is -2.41. The molecular weight excluding hydrogens is 248 g/mol. The van der Waals surface area contributed by atoms with E-state index in [1.54, 1.807) is 0 Å². The highest BCUT2D eigenvalue weighted by Crippen LogP contribution is 2.24. The van der Waals surface area contributed by atoms with E-state index in [2.05, 4.69) is 0 Å². The lowest BCUT2D eigenvalue weighted by atomic mass is 10.1. The maximum Gasteiger partial charge on any atom is 0.244 e. The van der Waals surface area contributed by atoms with Gasteiger partial charge in [0.1, 0.15) is 6.04 Å². The van der Waals surface area contributed by atoms with Gasteiger partial charge < -0.3 is 10.6 Å². The van der Waals surface area contributed by atoms with Crippen LogP contribution in [-0.4, -0.2) is 23.9 Å². The Labute approximate surface area is 115 Å². The van der Waals surface area contributed by atoms with Gasteiger partial charge in [-0.15, -0.1) is 12.4 Å². The van der Waals surface area contributed by atoms with Gasteiger partial charge in [-0.1, -0.05) is 43.2 Å². The van der Waals surface area contributed by atoms with Crippen LogP contribution in [0.1, 0.15) is 37.3 Å². The van der Waals surface area contributed by atoms with Crippen LogP contribution in [0.15, 0.2) is 30.3 Å². The fourth-order valence-electron chi connectivity index (χ4n) is 2.49. The van der Waals surface area contributed by atoms with Crippen molar-refractivity contribution in [2.75, 3.05) is 7.05 Å². The molecule has 0 spiro atoms. The van der Waals surface area contributed by atoms with Crippen molar-refractivity contribution in [2.45, 2.75) is 37.8 Å². The molecule has 1 amide bonds. The Kier molecular flexibility index (Phi) is 5.63. The molecule has 0 bridgehead atoms. The zero-order chi connectivity index (χ0) is 12.3. The Morgan fingerprint density at radius 3 is 2.39 bits per heavy atom. The van der Waals surface area contributed by atoms with Crippen molar-refractivity contribution < 1.29 is 4.79 Å². The molecule has 1 aliphatic carbocycles. The number of halogens is 1. The minimum absolute atomic E-state index is 0. The highest BCUT2D eigenvalue weighted by Gasteiger charge is 2.27. The standard InChI is InChI=1S/C14H20N2O.ClH/c1-16(12-9-5-6-10-12)14(17)13(15)11-7-3-2-4-8-11;/h2-4,7-8,12-13H,5-6,9-10,15H2,1H3;1H. The van der Waals surface area contributed by atoms with Crippen molar-refractivity contribution in [3.63, 3.8) is 0 Å². The topological polar surface area (TPSA) is 46.3 Å². The van der Waals surface area contributed by atoms with Crippen molar-refractivity contribution in [1.82, 2.24) is 4.90 Å². The number of likely N-dealkylation sites (N-methyl/N-ethyl adjacent to an activating group) is 1. The van der Waals surface area contributed by atoms with Gasteiger partial charge in [-0.3, -0.25) is 4.79 Å². The molecule has 4 heteroatoms. The van der Waals surface area contributed by atoms with E-state index in [-0.39, 0.29) is 18.3 Å². The molecule has 2 rings (SSSR count). The van der Waals surface area contributed by atoms with Crippen molar-refractivity contribution in [1.29, 1.82) is 0 Å². The summed E-state index contributed by atoms with van der Waals surface area (Å²) < 4.78 is 0. The molecule has 1 aliphatic rings. The van der Waals surface area contributed by atoms with Gasteiger partial charge in [0.25, 0.3) is 0 Å². The minimum atomic E-state index is -0.526. The summed E-state index contributed by atoms with van der Waals surface area (Å²) in [6, 6.07) is 9.44. The predicted molar refractivity (Wildman–Crippen MR) is 75.6 cm³/mol. The molecule has 100 valence electrons. The third-order valence-corrected chi connectivity index (χ3v) is 3.64. The molecule has 1 unspecified atom stereocenters. The van der Waals surface area contributed by atoms with E-state index in [0.29, 0.717) is 6.04 Å². The molecule has 2 N–H and O–H groups in total. The number of hydrogen-bond donors (Lipinski definition) is 1. The summed E-state index contributed by atoms with van der Waals surface area (Å²) in [4.78, 5) is 14.1. The number of amides is 1. The van der Waals surface area contributed by atoms with Crippen LogP contribution in [0.4, 0.5) is 0 Å². The molecule has 1 fully saturated rings. The Morgan fingerprint density at radius 2 is 1.83 bits per heavy atom. The monoisotopic (exact) mass is 268 g/mol. The van der Waals surface area contributed by atoms with Crippen LogP contribution in [-0.2, 0) is 4.79 Å². The highest BCUT2D eigenvalue weighted by molar-refractivity contribution is 5.85. The lowest BCUT2D eigenvalue weighted by Gasteiger charge is -2.27. The SMILES string of the molecule is CN(C(=O)C(N)c1ccccc1)C1CCCC1.Cl. The van der Waals surface area contributed by atoms with Crippen molar-refractivity contribution in [3.8, 4) is 0 Å². The fraction of sp³-hybridized carbons (Fsp3) is 0.500. The average molecular weight is 269 g/mol. The Hall–Kier alpha value is -1.06. The third kappa shape index (κ3) is 3.24. The van der Waals surface area contributed by atoms with Gasteiger partial charge in [0, 0.05) is 13.1 Å². The summed E-state index contributed by atoms with van der Waals surface area (Å²) in [7, 11) is 1.88. The second-order valence-corrected chi connectivity index (χ2v) is 4.78. The smallest absolute Gasteiger partial charge is 0.244 e. The number of nitrogens with two attached hydrogens (primary N) is 1. The molecule has 1 atom stereocenters. The van der Waals surface area contributed by atoms with Crippen LogP contribution in [0.2, 0.25) is 0 Å². The number of carbonyl (C=O) groups is 1. The zero-order valence-electron chi connectivity index (χ0n) is 10.7. The fourth-order valence-corrected chi connectivity index (χ4v) is 2.49. The van der Waals surface area contributed by atoms with Crippen LogP contribution >= 0.6 is 12.4 Å². The number of nitrogens with zero attached hydrogens (tertiary/aromatic N) is 1. The van der Waals surface area contributed by atoms with Crippen LogP contribution in [0.3, 0.4) is 0 Å². The molecule has 0 radical (unpaired) electrons. The van der Waals surface area contributed by atoms with Crippen molar-refractivity contribution in [3.05, 3.63) is 35.9 Å². The molecule has 0 aliphatic heterocycles. The van der Waals surface area contributed by atoms with Crippen LogP contribution in [0, 0.1) is 0 Å². The summed E-state index contributed by atoms with van der Waals surface area (Å²) in [6.07, 6.45) is 4.68. The lowest BCUT2D eigenvalue weighted by molar-refractivity contribution is -0.133. The molecule has 0 heterocycles. The van der Waals surface area contributed by atoms with Gasteiger partial charge in [-0.2, -0.15) is 0 Å². The summed E-state index contributed by atoms with van der Waals surface area (Å²) in [5.74, 6) is 0.0306. The quantitative estimate of drug-likeness (QED) is 0.916. The first-order valence-corrected chi connectivity index (χ1v) is 6.27. The van der Waals surface area contributed by atoms with E-state index < -0.39 is 6.04 Å². The van der Waals surface area contributed by atoms with Crippen LogP contribution in [0.25, 0.3) is 0 Å². The molecule has 1 aromatic rings. The molecule has 1 aromatic carbocycles. The van der Waals surface area contributed by atoms with E-state index in [4.69, 9.17) is 5.73 Å². The van der Waals surface area contributed by atoms with Gasteiger partial charge in [0.2, 0.25) is 5.91 Å². The van der Waals surface area contributed by atoms with Gasteiger partial charge >= 0.3 is 0 Å². The molecule has 1 saturated carbocycles. The average Bonchev–Trinajstić information content (AvgIpc) is 2.91. The van der Waals surface area contributed by atoms with Gasteiger partial charge in [-0.05, 0) is 18.4 Å². The molecule has 18 heavy (non-hydrogen) atoms. The predicted octanol–water partition coefficient (Wildman–Crippen LogP) is 2.51. The summed E-state index contributed by atoms with van der Waals surface area (Å²) >= 11 is 0. The van der Waals surface area contributed by atoms with Gasteiger partial charge in [0.05, 0.1) is 0 Å². The zero-order valence-corrected chi connectivity index (χ0v) is 11.5. The molecule has 0 aromatic heterocycles. The first-order valence-electron chi connectivity index (χ1n) is 6.27. The second-order valence-electron chi connectivity index (χ2n) is 4.78. The summed E-state index contributed by atoms with van der Waals surface area (Å²) in [6.45, 7) is 0.